The molecule has 2 heterocycles. The maximum atomic E-state index is 6.00. The highest BCUT2D eigenvalue weighted by atomic mass is 14.8. The fourth-order valence-electron chi connectivity index (χ4n) is 2.40. The summed E-state index contributed by atoms with van der Waals surface area (Å²) in [6.07, 6.45) is 3.11. The van der Waals surface area contributed by atoms with Crippen molar-refractivity contribution >= 4 is 11.0 Å². The molecule has 1 atom stereocenters. The highest BCUT2D eigenvalue weighted by Gasteiger charge is 2.20. The standard InChI is InChI=1S/C12H15N3/c1-7-2-4-11-12(14-7)9-6-8(13)3-5-10(9)15-11/h2,4,8,15H,3,5-6,13H2,1H3. The Morgan fingerprint density at radius 2 is 2.33 bits per heavy atom. The van der Waals surface area contributed by atoms with Crippen LogP contribution in [0.4, 0.5) is 0 Å². The van der Waals surface area contributed by atoms with Gasteiger partial charge < -0.3 is 10.7 Å². The number of rotatable bonds is 0. The van der Waals surface area contributed by atoms with E-state index in [4.69, 9.17) is 5.73 Å². The van der Waals surface area contributed by atoms with E-state index >= 15 is 0 Å². The summed E-state index contributed by atoms with van der Waals surface area (Å²) in [5.74, 6) is 0. The van der Waals surface area contributed by atoms with E-state index in [1.54, 1.807) is 0 Å². The van der Waals surface area contributed by atoms with Crippen molar-refractivity contribution in [1.29, 1.82) is 0 Å². The van der Waals surface area contributed by atoms with Crippen LogP contribution < -0.4 is 5.73 Å². The maximum Gasteiger partial charge on any atom is 0.0917 e. The van der Waals surface area contributed by atoms with E-state index in [1.165, 1.54) is 11.3 Å². The zero-order valence-corrected chi connectivity index (χ0v) is 8.88. The summed E-state index contributed by atoms with van der Waals surface area (Å²) in [5.41, 5.74) is 12.0. The Bertz CT molecular complexity index is 513. The maximum absolute atomic E-state index is 6.00. The normalized spacial score (nSPS) is 20.5. The molecule has 3 nitrogen and oxygen atoms in total. The lowest BCUT2D eigenvalue weighted by Crippen LogP contribution is -2.27. The van der Waals surface area contributed by atoms with Gasteiger partial charge in [0.1, 0.15) is 0 Å². The number of nitrogens with zero attached hydrogens (tertiary/aromatic N) is 1. The molecule has 0 saturated carbocycles. The lowest BCUT2D eigenvalue weighted by atomic mass is 9.93. The summed E-state index contributed by atoms with van der Waals surface area (Å²) >= 11 is 0. The Morgan fingerprint density at radius 3 is 3.20 bits per heavy atom. The molecule has 3 N–H and O–H groups in total. The van der Waals surface area contributed by atoms with E-state index < -0.39 is 0 Å². The van der Waals surface area contributed by atoms with Gasteiger partial charge in [-0.15, -0.1) is 0 Å². The summed E-state index contributed by atoms with van der Waals surface area (Å²) in [4.78, 5) is 8.04. The summed E-state index contributed by atoms with van der Waals surface area (Å²) in [6, 6.07) is 4.46. The smallest absolute Gasteiger partial charge is 0.0917 e. The van der Waals surface area contributed by atoms with Crippen molar-refractivity contribution in [3.05, 3.63) is 29.1 Å². The molecule has 3 heteroatoms. The number of hydrogen-bond acceptors (Lipinski definition) is 2. The van der Waals surface area contributed by atoms with Crippen LogP contribution in [0.25, 0.3) is 11.0 Å². The average Bonchev–Trinajstić information content (AvgIpc) is 2.56. The van der Waals surface area contributed by atoms with Crippen molar-refractivity contribution in [1.82, 2.24) is 9.97 Å². The van der Waals surface area contributed by atoms with Crippen molar-refractivity contribution < 1.29 is 0 Å². The van der Waals surface area contributed by atoms with E-state index in [0.29, 0.717) is 6.04 Å². The molecule has 1 aliphatic carbocycles. The summed E-state index contributed by atoms with van der Waals surface area (Å²) in [6.45, 7) is 2.03. The molecule has 1 unspecified atom stereocenters. The monoisotopic (exact) mass is 201 g/mol. The van der Waals surface area contributed by atoms with Gasteiger partial charge in [-0.2, -0.15) is 0 Å². The molecule has 0 aromatic carbocycles. The molecule has 0 aliphatic heterocycles. The number of fused-ring (bicyclic) bond motifs is 3. The molecule has 15 heavy (non-hydrogen) atoms. The highest BCUT2D eigenvalue weighted by Crippen LogP contribution is 2.27. The van der Waals surface area contributed by atoms with Crippen molar-refractivity contribution in [2.45, 2.75) is 32.2 Å². The van der Waals surface area contributed by atoms with Crippen molar-refractivity contribution in [3.8, 4) is 0 Å². The molecule has 0 amide bonds. The number of aromatic nitrogens is 2. The van der Waals surface area contributed by atoms with Gasteiger partial charge in [-0.1, -0.05) is 0 Å². The number of aryl methyl sites for hydroxylation is 2. The molecule has 1 aliphatic rings. The van der Waals surface area contributed by atoms with Gasteiger partial charge in [0, 0.05) is 23.0 Å². The van der Waals surface area contributed by atoms with Gasteiger partial charge in [-0.05, 0) is 38.3 Å². The third-order valence-electron chi connectivity index (χ3n) is 3.20. The lowest BCUT2D eigenvalue weighted by molar-refractivity contribution is 0.573. The molecule has 0 bridgehead atoms. The number of H-pyrrole nitrogens is 1. The predicted octanol–water partition coefficient (Wildman–Crippen LogP) is 1.69. The van der Waals surface area contributed by atoms with Crippen LogP contribution in [0.15, 0.2) is 12.1 Å². The molecule has 78 valence electrons. The molecule has 0 saturated heterocycles. The van der Waals surface area contributed by atoms with Gasteiger partial charge in [0.05, 0.1) is 11.0 Å². The van der Waals surface area contributed by atoms with Gasteiger partial charge in [0.2, 0.25) is 0 Å². The zero-order valence-electron chi connectivity index (χ0n) is 8.88. The molecule has 3 rings (SSSR count). The van der Waals surface area contributed by atoms with Crippen LogP contribution in [-0.4, -0.2) is 16.0 Å². The quantitative estimate of drug-likeness (QED) is 0.681. The first-order chi connectivity index (χ1) is 7.24. The van der Waals surface area contributed by atoms with Crippen LogP contribution in [0, 0.1) is 6.92 Å². The second kappa shape index (κ2) is 3.07. The minimum Gasteiger partial charge on any atom is -0.357 e. The van der Waals surface area contributed by atoms with Crippen LogP contribution in [0.5, 0.6) is 0 Å². The molecule has 0 fully saturated rings. The van der Waals surface area contributed by atoms with E-state index in [-0.39, 0.29) is 0 Å². The van der Waals surface area contributed by atoms with Crippen molar-refractivity contribution in [3.63, 3.8) is 0 Å². The van der Waals surface area contributed by atoms with Gasteiger partial charge in [-0.25, -0.2) is 0 Å². The number of nitrogens with two attached hydrogens (primary N) is 1. The second-order valence-electron chi connectivity index (χ2n) is 4.43. The number of pyridine rings is 1. The molecular formula is C12H15N3. The fourth-order valence-corrected chi connectivity index (χ4v) is 2.40. The summed E-state index contributed by atoms with van der Waals surface area (Å²) < 4.78 is 0. The zero-order chi connectivity index (χ0) is 10.4. The number of nitrogens with one attached hydrogen (secondary N) is 1. The minimum absolute atomic E-state index is 0.304. The second-order valence-corrected chi connectivity index (χ2v) is 4.43. The molecule has 0 radical (unpaired) electrons. The van der Waals surface area contributed by atoms with Crippen LogP contribution in [0.1, 0.15) is 23.4 Å². The van der Waals surface area contributed by atoms with Crippen LogP contribution in [0.2, 0.25) is 0 Å². The van der Waals surface area contributed by atoms with E-state index in [0.717, 1.165) is 36.0 Å². The first kappa shape index (κ1) is 8.92. The van der Waals surface area contributed by atoms with Crippen LogP contribution in [-0.2, 0) is 12.8 Å². The minimum atomic E-state index is 0.304. The van der Waals surface area contributed by atoms with Crippen molar-refractivity contribution in [2.75, 3.05) is 0 Å². The van der Waals surface area contributed by atoms with Gasteiger partial charge in [0.25, 0.3) is 0 Å². The first-order valence-electron chi connectivity index (χ1n) is 5.46. The van der Waals surface area contributed by atoms with Crippen LogP contribution >= 0.6 is 0 Å². The SMILES string of the molecule is Cc1ccc2[nH]c3c(c2n1)CC(N)CC3. The topological polar surface area (TPSA) is 54.7 Å². The molecule has 0 spiro atoms. The van der Waals surface area contributed by atoms with Crippen molar-refractivity contribution in [2.24, 2.45) is 5.73 Å². The Hall–Kier alpha value is -1.35. The molecular weight excluding hydrogens is 186 g/mol. The van der Waals surface area contributed by atoms with Gasteiger partial charge >= 0.3 is 0 Å². The Kier molecular flexibility index (Phi) is 1.83. The molecule has 2 aromatic heterocycles. The van der Waals surface area contributed by atoms with E-state index in [9.17, 15) is 0 Å². The Balaban J connectivity index is 2.25. The number of aromatic amines is 1. The third-order valence-corrected chi connectivity index (χ3v) is 3.20. The van der Waals surface area contributed by atoms with E-state index in [2.05, 4.69) is 16.0 Å². The lowest BCUT2D eigenvalue weighted by Gasteiger charge is -2.17. The predicted molar refractivity (Wildman–Crippen MR) is 60.8 cm³/mol. The first-order valence-corrected chi connectivity index (χ1v) is 5.46. The number of hydrogen-bond donors (Lipinski definition) is 2. The summed E-state index contributed by atoms with van der Waals surface area (Å²) in [5, 5.41) is 0. The fraction of sp³-hybridized carbons (Fsp3) is 0.417. The third kappa shape index (κ3) is 1.35. The largest absolute Gasteiger partial charge is 0.357 e. The van der Waals surface area contributed by atoms with Crippen LogP contribution in [0.3, 0.4) is 0 Å². The van der Waals surface area contributed by atoms with E-state index in [1.807, 2.05) is 13.0 Å². The van der Waals surface area contributed by atoms with Gasteiger partial charge in [-0.3, -0.25) is 4.98 Å². The highest BCUT2D eigenvalue weighted by molar-refractivity contribution is 5.81. The summed E-state index contributed by atoms with van der Waals surface area (Å²) in [7, 11) is 0. The molecule has 2 aromatic rings. The Labute approximate surface area is 88.7 Å². The Morgan fingerprint density at radius 1 is 1.47 bits per heavy atom. The van der Waals surface area contributed by atoms with Gasteiger partial charge in [0.15, 0.2) is 0 Å². The average molecular weight is 201 g/mol.